The molecular weight excluding hydrogens is 669 g/mol. The molecule has 12 rings (SSSR count). The maximum absolute atomic E-state index is 10.1. The van der Waals surface area contributed by atoms with Gasteiger partial charge in [0.2, 0.25) is 0 Å². The van der Waals surface area contributed by atoms with E-state index in [9.17, 15) is 5.26 Å². The highest BCUT2D eigenvalue weighted by Gasteiger charge is 2.52. The Balaban J connectivity index is 1.10. The highest BCUT2D eigenvalue weighted by atomic mass is 15.0. The smallest absolute Gasteiger partial charge is 0.164 e. The molecule has 1 unspecified atom stereocenters. The second-order valence-corrected chi connectivity index (χ2v) is 16.6. The lowest BCUT2D eigenvalue weighted by atomic mass is 9.48. The number of hydrogen-bond donors (Lipinski definition) is 0. The summed E-state index contributed by atoms with van der Waals surface area (Å²) in [5.41, 5.74) is 11.8. The fraction of sp³-hybridized carbons (Fsp3) is 0.216. The summed E-state index contributed by atoms with van der Waals surface area (Å²) >= 11 is 0. The van der Waals surface area contributed by atoms with Gasteiger partial charge in [-0.25, -0.2) is 15.0 Å². The molecule has 4 saturated carbocycles. The summed E-state index contributed by atoms with van der Waals surface area (Å²) in [5, 5.41) is 10.1. The van der Waals surface area contributed by atoms with E-state index < -0.39 is 5.41 Å². The topological polar surface area (TPSA) is 62.5 Å². The maximum Gasteiger partial charge on any atom is 0.164 e. The van der Waals surface area contributed by atoms with Crippen LogP contribution in [-0.2, 0) is 10.8 Å². The molecule has 5 aliphatic carbocycles. The van der Waals surface area contributed by atoms with Gasteiger partial charge in [-0.15, -0.1) is 0 Å². The normalized spacial score (nSPS) is 24.2. The van der Waals surface area contributed by atoms with Crippen molar-refractivity contribution in [1.82, 2.24) is 15.0 Å². The predicted octanol–water partition coefficient (Wildman–Crippen LogP) is 11.6. The SMILES string of the molecule is N#Cc1cccc(C2(c3ccc(C45C[C@H]6C[C@@H](C4)C[C@@H](C5)C6)cc3)c3ccccc3-c3cc(-c4nc(-c5ccccc5)nc(-c5ccccc5)n4)ccc32)c1. The van der Waals surface area contributed by atoms with Crippen molar-refractivity contribution < 1.29 is 0 Å². The molecule has 1 atom stereocenters. The first-order chi connectivity index (χ1) is 27.1. The van der Waals surface area contributed by atoms with Crippen LogP contribution < -0.4 is 0 Å². The Morgan fingerprint density at radius 1 is 0.455 bits per heavy atom. The molecule has 4 fully saturated rings. The third kappa shape index (κ3) is 5.06. The quantitative estimate of drug-likeness (QED) is 0.172. The average molecular weight is 709 g/mol. The Morgan fingerprint density at radius 3 is 1.62 bits per heavy atom. The molecule has 0 N–H and O–H groups in total. The van der Waals surface area contributed by atoms with E-state index in [1.54, 1.807) is 0 Å². The van der Waals surface area contributed by atoms with Crippen LogP contribution in [0.15, 0.2) is 152 Å². The first kappa shape index (κ1) is 32.3. The lowest BCUT2D eigenvalue weighted by Crippen LogP contribution is -2.48. The van der Waals surface area contributed by atoms with Crippen molar-refractivity contribution in [2.45, 2.75) is 49.4 Å². The standard InChI is InChI=1S/C51H40N4/c52-32-33-10-9-15-42(27-33)51(41-21-19-40(20-22-41)50-29-34-24-35(30-50)26-36(25-34)31-50)45-17-8-7-16-43(45)44-28-39(18-23-46(44)51)49-54-47(37-11-3-1-4-12-37)53-48(55-49)38-13-5-2-6-14-38/h1-23,27-28,34-36H,24-26,29-31H2/t34-,35+,36-,50?,51?. The average Bonchev–Trinajstić information content (AvgIpc) is 3.54. The molecule has 0 saturated heterocycles. The predicted molar refractivity (Wildman–Crippen MR) is 218 cm³/mol. The fourth-order valence-corrected chi connectivity index (χ4v) is 11.5. The molecule has 0 amide bonds. The molecule has 264 valence electrons. The minimum atomic E-state index is -0.610. The van der Waals surface area contributed by atoms with Gasteiger partial charge >= 0.3 is 0 Å². The molecule has 4 nitrogen and oxygen atoms in total. The van der Waals surface area contributed by atoms with Gasteiger partial charge in [-0.05, 0) is 119 Å². The molecular formula is C51H40N4. The molecule has 7 aromatic rings. The number of nitriles is 1. The molecule has 0 radical (unpaired) electrons. The monoisotopic (exact) mass is 708 g/mol. The van der Waals surface area contributed by atoms with Crippen molar-refractivity contribution in [3.05, 3.63) is 185 Å². The van der Waals surface area contributed by atoms with Crippen LogP contribution in [0.2, 0.25) is 0 Å². The summed E-state index contributed by atoms with van der Waals surface area (Å²) in [5.74, 6) is 4.61. The molecule has 0 aliphatic heterocycles. The Labute approximate surface area is 322 Å². The van der Waals surface area contributed by atoms with Crippen LogP contribution in [0.4, 0.5) is 0 Å². The molecule has 6 aromatic carbocycles. The van der Waals surface area contributed by atoms with Gasteiger partial charge in [0, 0.05) is 16.7 Å². The number of hydrogen-bond acceptors (Lipinski definition) is 4. The van der Waals surface area contributed by atoms with Gasteiger partial charge in [0.1, 0.15) is 0 Å². The van der Waals surface area contributed by atoms with Gasteiger partial charge in [-0.3, -0.25) is 0 Å². The van der Waals surface area contributed by atoms with Crippen LogP contribution in [0.5, 0.6) is 0 Å². The maximum atomic E-state index is 10.1. The lowest BCUT2D eigenvalue weighted by Gasteiger charge is -2.57. The van der Waals surface area contributed by atoms with Gasteiger partial charge in [-0.2, -0.15) is 5.26 Å². The molecule has 1 heterocycles. The van der Waals surface area contributed by atoms with Crippen LogP contribution in [0, 0.1) is 29.1 Å². The zero-order valence-corrected chi connectivity index (χ0v) is 30.7. The highest BCUT2D eigenvalue weighted by Crippen LogP contribution is 2.61. The van der Waals surface area contributed by atoms with Crippen LogP contribution in [-0.4, -0.2) is 15.0 Å². The van der Waals surface area contributed by atoms with Crippen LogP contribution >= 0.6 is 0 Å². The van der Waals surface area contributed by atoms with Crippen molar-refractivity contribution in [3.63, 3.8) is 0 Å². The summed E-state index contributed by atoms with van der Waals surface area (Å²) in [7, 11) is 0. The molecule has 4 heteroatoms. The van der Waals surface area contributed by atoms with E-state index in [4.69, 9.17) is 15.0 Å². The van der Waals surface area contributed by atoms with Gasteiger partial charge in [-0.1, -0.05) is 133 Å². The first-order valence-electron chi connectivity index (χ1n) is 19.8. The number of aromatic nitrogens is 3. The van der Waals surface area contributed by atoms with Crippen molar-refractivity contribution >= 4 is 0 Å². The lowest BCUT2D eigenvalue weighted by molar-refractivity contribution is -0.00519. The van der Waals surface area contributed by atoms with Crippen LogP contribution in [0.3, 0.4) is 0 Å². The number of rotatable bonds is 6. The van der Waals surface area contributed by atoms with Crippen LogP contribution in [0.1, 0.15) is 71.9 Å². The molecule has 1 aromatic heterocycles. The Hall–Kier alpha value is -6.18. The van der Waals surface area contributed by atoms with Crippen molar-refractivity contribution in [2.75, 3.05) is 0 Å². The van der Waals surface area contributed by atoms with Crippen molar-refractivity contribution in [3.8, 4) is 51.4 Å². The molecule has 0 spiro atoms. The summed E-state index contributed by atoms with van der Waals surface area (Å²) in [6, 6.07) is 56.3. The highest BCUT2D eigenvalue weighted by molar-refractivity contribution is 5.88. The Kier molecular flexibility index (Phi) is 7.29. The van der Waals surface area contributed by atoms with E-state index in [0.717, 1.165) is 45.6 Å². The Bertz CT molecular complexity index is 2550. The third-order valence-corrected chi connectivity index (χ3v) is 13.4. The van der Waals surface area contributed by atoms with Crippen molar-refractivity contribution in [1.29, 1.82) is 5.26 Å². The zero-order chi connectivity index (χ0) is 36.6. The minimum absolute atomic E-state index is 0.323. The second-order valence-electron chi connectivity index (χ2n) is 16.6. The largest absolute Gasteiger partial charge is 0.208 e. The number of nitrogens with zero attached hydrogens (tertiary/aromatic N) is 4. The van der Waals surface area contributed by atoms with Gasteiger partial charge < -0.3 is 0 Å². The number of fused-ring (bicyclic) bond motifs is 3. The van der Waals surface area contributed by atoms with E-state index >= 15 is 0 Å². The summed E-state index contributed by atoms with van der Waals surface area (Å²) in [6.45, 7) is 0. The first-order valence-corrected chi connectivity index (χ1v) is 19.8. The molecule has 5 aliphatic rings. The molecule has 4 bridgehead atoms. The van der Waals surface area contributed by atoms with E-state index in [0.29, 0.717) is 28.5 Å². The fourth-order valence-electron chi connectivity index (χ4n) is 11.5. The third-order valence-electron chi connectivity index (χ3n) is 13.4. The summed E-state index contributed by atoms with van der Waals surface area (Å²) in [4.78, 5) is 15.1. The van der Waals surface area contributed by atoms with E-state index in [1.807, 2.05) is 72.8 Å². The van der Waals surface area contributed by atoms with E-state index in [2.05, 4.69) is 84.9 Å². The summed E-state index contributed by atoms with van der Waals surface area (Å²) in [6.07, 6.45) is 8.36. The van der Waals surface area contributed by atoms with Crippen LogP contribution in [0.25, 0.3) is 45.3 Å². The van der Waals surface area contributed by atoms with Crippen molar-refractivity contribution in [2.24, 2.45) is 17.8 Å². The van der Waals surface area contributed by atoms with Gasteiger partial charge in [0.05, 0.1) is 17.0 Å². The summed E-state index contributed by atoms with van der Waals surface area (Å²) < 4.78 is 0. The second kappa shape index (κ2) is 12.4. The van der Waals surface area contributed by atoms with E-state index in [1.165, 1.54) is 66.3 Å². The Morgan fingerprint density at radius 2 is 1.00 bits per heavy atom. The number of benzene rings is 6. The zero-order valence-electron chi connectivity index (χ0n) is 30.7. The van der Waals surface area contributed by atoms with Gasteiger partial charge in [0.15, 0.2) is 17.5 Å². The van der Waals surface area contributed by atoms with Gasteiger partial charge in [0.25, 0.3) is 0 Å². The molecule has 55 heavy (non-hydrogen) atoms. The minimum Gasteiger partial charge on any atom is -0.208 e. The van der Waals surface area contributed by atoms with E-state index in [-0.39, 0.29) is 0 Å².